The fourth-order valence-corrected chi connectivity index (χ4v) is 5.75. The quantitative estimate of drug-likeness (QED) is 0.115. The molecule has 0 aromatic carbocycles. The van der Waals surface area contributed by atoms with Crippen molar-refractivity contribution < 1.29 is 89.0 Å². The molecule has 1 amide bonds. The summed E-state index contributed by atoms with van der Waals surface area (Å²) in [7, 11) is 0. The van der Waals surface area contributed by atoms with Crippen LogP contribution >= 0.6 is 0 Å². The van der Waals surface area contributed by atoms with E-state index in [4.69, 9.17) is 33.2 Å². The third-order valence-corrected chi connectivity index (χ3v) is 8.49. The van der Waals surface area contributed by atoms with Crippen LogP contribution < -0.4 is 5.32 Å². The van der Waals surface area contributed by atoms with Gasteiger partial charge in [0.2, 0.25) is 5.91 Å². The Labute approximate surface area is 257 Å². The molecule has 0 saturated carbocycles. The highest BCUT2D eigenvalue weighted by Gasteiger charge is 2.55. The average Bonchev–Trinajstić information content (AvgIpc) is 2.98. The molecule has 4 saturated heterocycles. The minimum atomic E-state index is -1.86. The fraction of sp³-hybridized carbons (Fsp3) is 0.962. The second-order valence-electron chi connectivity index (χ2n) is 11.8. The highest BCUT2D eigenvalue weighted by Crippen LogP contribution is 2.35. The smallest absolute Gasteiger partial charge is 0.217 e. The van der Waals surface area contributed by atoms with Gasteiger partial charge in [0.05, 0.1) is 24.9 Å². The third-order valence-electron chi connectivity index (χ3n) is 8.49. The molecule has 11 N–H and O–H groups in total. The zero-order valence-corrected chi connectivity index (χ0v) is 25.0. The molecule has 45 heavy (non-hydrogen) atoms. The second kappa shape index (κ2) is 14.9. The summed E-state index contributed by atoms with van der Waals surface area (Å²) in [5.74, 6) is -0.656. The minimum absolute atomic E-state index is 0.656. The van der Waals surface area contributed by atoms with Gasteiger partial charge in [0, 0.05) is 6.92 Å². The van der Waals surface area contributed by atoms with E-state index in [0.717, 1.165) is 6.92 Å². The summed E-state index contributed by atoms with van der Waals surface area (Å²) in [5.41, 5.74) is 0. The summed E-state index contributed by atoms with van der Waals surface area (Å²) >= 11 is 0. The molecule has 0 bridgehead atoms. The van der Waals surface area contributed by atoms with E-state index < -0.39 is 135 Å². The van der Waals surface area contributed by atoms with Crippen LogP contribution in [0.2, 0.25) is 0 Å². The summed E-state index contributed by atoms with van der Waals surface area (Å²) in [4.78, 5) is 12.0. The van der Waals surface area contributed by atoms with Crippen LogP contribution in [0.3, 0.4) is 0 Å². The van der Waals surface area contributed by atoms with E-state index in [1.54, 1.807) is 0 Å². The van der Waals surface area contributed by atoms with Crippen molar-refractivity contribution in [2.45, 2.75) is 150 Å². The summed E-state index contributed by atoms with van der Waals surface area (Å²) in [6.45, 7) is 4.55. The van der Waals surface area contributed by atoms with E-state index in [1.807, 2.05) is 0 Å². The Balaban J connectivity index is 1.70. The summed E-state index contributed by atoms with van der Waals surface area (Å²) in [6.07, 6.45) is -29.8. The minimum Gasteiger partial charge on any atom is -0.394 e. The van der Waals surface area contributed by atoms with Gasteiger partial charge < -0.3 is 89.5 Å². The van der Waals surface area contributed by atoms with Crippen LogP contribution in [0.15, 0.2) is 0 Å². The van der Waals surface area contributed by atoms with Gasteiger partial charge in [-0.15, -0.1) is 0 Å². The van der Waals surface area contributed by atoms with E-state index in [9.17, 15) is 55.9 Å². The van der Waals surface area contributed by atoms with Crippen molar-refractivity contribution in [2.24, 2.45) is 0 Å². The van der Waals surface area contributed by atoms with Gasteiger partial charge in [0.25, 0.3) is 0 Å². The van der Waals surface area contributed by atoms with Gasteiger partial charge in [0.15, 0.2) is 25.2 Å². The molecular weight excluding hydrogens is 614 g/mol. The molecule has 4 rings (SSSR count). The lowest BCUT2D eigenvalue weighted by molar-refractivity contribution is -0.397. The predicted octanol–water partition coefficient (Wildman–Crippen LogP) is -6.52. The summed E-state index contributed by atoms with van der Waals surface area (Å²) in [6, 6.07) is -1.45. The van der Waals surface area contributed by atoms with Gasteiger partial charge in [-0.3, -0.25) is 4.79 Å². The highest BCUT2D eigenvalue weighted by molar-refractivity contribution is 5.73. The van der Waals surface area contributed by atoms with E-state index in [1.165, 1.54) is 20.8 Å². The lowest BCUT2D eigenvalue weighted by atomic mass is 9.95. The Morgan fingerprint density at radius 1 is 0.578 bits per heavy atom. The van der Waals surface area contributed by atoms with E-state index >= 15 is 0 Å². The molecule has 0 unspecified atom stereocenters. The normalized spacial score (nSPS) is 52.8. The average molecular weight is 660 g/mol. The van der Waals surface area contributed by atoms with Crippen molar-refractivity contribution in [3.8, 4) is 0 Å². The molecule has 4 aliphatic heterocycles. The molecule has 0 aromatic rings. The van der Waals surface area contributed by atoms with Crippen LogP contribution in [0.1, 0.15) is 27.7 Å². The number of ether oxygens (including phenoxy) is 7. The van der Waals surface area contributed by atoms with Gasteiger partial charge in [0.1, 0.15) is 79.3 Å². The van der Waals surface area contributed by atoms with Crippen LogP contribution in [-0.4, -0.2) is 186 Å². The van der Waals surface area contributed by atoms with Crippen LogP contribution in [0.4, 0.5) is 0 Å². The third kappa shape index (κ3) is 7.60. The van der Waals surface area contributed by atoms with Crippen LogP contribution in [0.25, 0.3) is 0 Å². The van der Waals surface area contributed by atoms with Crippen LogP contribution in [-0.2, 0) is 38.0 Å². The molecule has 20 atom stereocenters. The first-order chi connectivity index (χ1) is 21.1. The zero-order valence-electron chi connectivity index (χ0n) is 25.0. The van der Waals surface area contributed by atoms with Crippen molar-refractivity contribution >= 4 is 5.91 Å². The number of nitrogens with one attached hydrogen (secondary N) is 1. The monoisotopic (exact) mass is 659 g/mol. The van der Waals surface area contributed by atoms with Gasteiger partial charge in [-0.25, -0.2) is 0 Å². The largest absolute Gasteiger partial charge is 0.394 e. The maximum absolute atomic E-state index is 12.0. The van der Waals surface area contributed by atoms with Crippen molar-refractivity contribution in [3.63, 3.8) is 0 Å². The number of carbonyl (C=O) groups is 1. The molecule has 262 valence electrons. The molecule has 0 spiro atoms. The van der Waals surface area contributed by atoms with Crippen molar-refractivity contribution in [3.05, 3.63) is 0 Å². The summed E-state index contributed by atoms with van der Waals surface area (Å²) < 4.78 is 40.0. The first-order valence-electron chi connectivity index (χ1n) is 14.7. The number of rotatable bonds is 8. The van der Waals surface area contributed by atoms with Crippen molar-refractivity contribution in [2.75, 3.05) is 6.61 Å². The lowest BCUT2D eigenvalue weighted by Crippen LogP contribution is -2.69. The highest BCUT2D eigenvalue weighted by atomic mass is 16.8. The Morgan fingerprint density at radius 3 is 1.73 bits per heavy atom. The first-order valence-corrected chi connectivity index (χ1v) is 14.7. The number of aliphatic hydroxyl groups excluding tert-OH is 10. The zero-order chi connectivity index (χ0) is 33.5. The maximum Gasteiger partial charge on any atom is 0.217 e. The Bertz CT molecular complexity index is 966. The molecule has 4 aliphatic rings. The number of carbonyl (C=O) groups excluding carboxylic acids is 1. The van der Waals surface area contributed by atoms with Crippen LogP contribution in [0.5, 0.6) is 0 Å². The van der Waals surface area contributed by atoms with E-state index in [-0.39, 0.29) is 0 Å². The second-order valence-corrected chi connectivity index (χ2v) is 11.8. The fourth-order valence-electron chi connectivity index (χ4n) is 5.75. The van der Waals surface area contributed by atoms with Crippen molar-refractivity contribution in [1.82, 2.24) is 5.32 Å². The molecule has 0 radical (unpaired) electrons. The predicted molar refractivity (Wildman–Crippen MR) is 141 cm³/mol. The van der Waals surface area contributed by atoms with Gasteiger partial charge in [-0.2, -0.15) is 0 Å². The molecular formula is C26H45NO18. The molecule has 19 heteroatoms. The Morgan fingerprint density at radius 2 is 1.11 bits per heavy atom. The molecule has 19 nitrogen and oxygen atoms in total. The van der Waals surface area contributed by atoms with Crippen molar-refractivity contribution in [1.29, 1.82) is 0 Å². The van der Waals surface area contributed by atoms with Gasteiger partial charge >= 0.3 is 0 Å². The van der Waals surface area contributed by atoms with Crippen LogP contribution in [0, 0.1) is 0 Å². The molecule has 0 aliphatic carbocycles. The Hall–Kier alpha value is -1.21. The first kappa shape index (κ1) is 36.6. The summed E-state index contributed by atoms with van der Waals surface area (Å²) in [5, 5.41) is 107. The maximum atomic E-state index is 12.0. The number of amides is 1. The lowest BCUT2D eigenvalue weighted by Gasteiger charge is -2.50. The van der Waals surface area contributed by atoms with Gasteiger partial charge in [-0.1, -0.05) is 0 Å². The van der Waals surface area contributed by atoms with E-state index in [2.05, 4.69) is 5.32 Å². The number of hydrogen-bond acceptors (Lipinski definition) is 18. The SMILES string of the molecule is CC(=O)N[C@H]1[C@H](O[C@@H]2[C@@H](O)[C@H](C)O[C@@H](O[C@@H]3[C@@H](O)[C@H](C)O[C@@H](O)[C@@H]3O)[C@@H]2O[C@@H]2O[C@@H](C)[C@H](O)[C@@H](O)[C@H]2O)O[C@H](CO)[C@@H](O)[C@@H]1O. The van der Waals surface area contributed by atoms with E-state index in [0.29, 0.717) is 0 Å². The number of hydrogen-bond donors (Lipinski definition) is 11. The number of aliphatic hydroxyl groups is 10. The topological polar surface area (TPSA) is 296 Å². The standard InChI is InChI=1S/C26H45NO18/c1-6-12(30)17(35)18(36)25(40-6)45-22-21(44-24-11(27-9(4)29)16(34)15(33)10(5-28)42-24)14(32)8(3)41-26(22)43-20-13(31)7(2)39-23(38)19(20)37/h6-8,10-26,28,30-38H,5H2,1-4H3,(H,27,29)/t6-,7-,8-,10+,11+,12-,13-,14-,15+,16+,17+,18+,19+,20+,21+,22+,23+,24-,25-,26-/m0/s1. The molecule has 4 fully saturated rings. The van der Waals surface area contributed by atoms with Gasteiger partial charge in [-0.05, 0) is 20.8 Å². The Kier molecular flexibility index (Phi) is 12.1. The molecule has 0 aromatic heterocycles. The molecule has 4 heterocycles.